The number of likely N-dealkylation sites (tertiary alicyclic amines) is 1. The minimum Gasteiger partial charge on any atom is -0.459 e. The van der Waals surface area contributed by atoms with Crippen LogP contribution in [0.5, 0.6) is 0 Å². The average Bonchev–Trinajstić information content (AvgIpc) is 3.09. The normalized spacial score (nSPS) is 16.4. The van der Waals surface area contributed by atoms with Crippen molar-refractivity contribution in [1.82, 2.24) is 4.90 Å². The Morgan fingerprint density at radius 3 is 2.18 bits per heavy atom. The van der Waals surface area contributed by atoms with Gasteiger partial charge >= 0.3 is 5.97 Å². The summed E-state index contributed by atoms with van der Waals surface area (Å²) >= 11 is 0. The van der Waals surface area contributed by atoms with Crippen LogP contribution in [0.3, 0.4) is 0 Å². The lowest BCUT2D eigenvalue weighted by atomic mass is 10.1. The summed E-state index contributed by atoms with van der Waals surface area (Å²) in [5.41, 5.74) is 2.03. The van der Waals surface area contributed by atoms with Crippen molar-refractivity contribution in [3.8, 4) is 0 Å². The van der Waals surface area contributed by atoms with Crippen molar-refractivity contribution in [3.63, 3.8) is 0 Å². The van der Waals surface area contributed by atoms with Gasteiger partial charge < -0.3 is 4.74 Å². The maximum atomic E-state index is 12.6. The van der Waals surface area contributed by atoms with Crippen LogP contribution in [-0.2, 0) is 16.1 Å². The predicted molar refractivity (Wildman–Crippen MR) is 86.2 cm³/mol. The van der Waals surface area contributed by atoms with Gasteiger partial charge in [-0.15, -0.1) is 0 Å². The lowest BCUT2D eigenvalue weighted by Gasteiger charge is -2.26. The van der Waals surface area contributed by atoms with Gasteiger partial charge in [-0.25, -0.2) is 4.79 Å². The molecule has 1 unspecified atom stereocenters. The summed E-state index contributed by atoms with van der Waals surface area (Å²) in [6.07, 6.45) is 2.30. The highest BCUT2D eigenvalue weighted by atomic mass is 16.5. The van der Waals surface area contributed by atoms with E-state index in [9.17, 15) is 4.79 Å². The van der Waals surface area contributed by atoms with Crippen molar-refractivity contribution < 1.29 is 9.53 Å². The Hall–Kier alpha value is -2.13. The first-order valence-electron chi connectivity index (χ1n) is 7.84. The van der Waals surface area contributed by atoms with Crippen molar-refractivity contribution in [1.29, 1.82) is 0 Å². The standard InChI is InChI=1S/C19H21NO2/c21-19(22-15-16-9-3-1-4-10-16)18(20-13-7-8-14-20)17-11-5-2-6-12-17/h1-6,9-12,18H,7-8,13-15H2. The zero-order valence-corrected chi connectivity index (χ0v) is 12.7. The minimum absolute atomic E-state index is 0.156. The Morgan fingerprint density at radius 2 is 1.55 bits per heavy atom. The Balaban J connectivity index is 1.72. The number of rotatable bonds is 5. The molecule has 1 saturated heterocycles. The van der Waals surface area contributed by atoms with Gasteiger partial charge in [-0.05, 0) is 37.1 Å². The third-order valence-electron chi connectivity index (χ3n) is 4.07. The van der Waals surface area contributed by atoms with Crippen LogP contribution < -0.4 is 0 Å². The van der Waals surface area contributed by atoms with Gasteiger partial charge in [-0.2, -0.15) is 0 Å². The van der Waals surface area contributed by atoms with E-state index in [1.807, 2.05) is 60.7 Å². The number of benzene rings is 2. The summed E-state index contributed by atoms with van der Waals surface area (Å²) in [5, 5.41) is 0. The summed E-state index contributed by atoms with van der Waals surface area (Å²) in [6.45, 7) is 2.25. The maximum Gasteiger partial charge on any atom is 0.328 e. The highest BCUT2D eigenvalue weighted by Gasteiger charge is 2.30. The van der Waals surface area contributed by atoms with Crippen LogP contribution in [0.2, 0.25) is 0 Å². The molecule has 0 aromatic heterocycles. The topological polar surface area (TPSA) is 29.5 Å². The van der Waals surface area contributed by atoms with Gasteiger partial charge in [0.05, 0.1) is 0 Å². The number of esters is 1. The quantitative estimate of drug-likeness (QED) is 0.790. The van der Waals surface area contributed by atoms with Crippen molar-refractivity contribution >= 4 is 5.97 Å². The SMILES string of the molecule is O=C(OCc1ccccc1)C(c1ccccc1)N1CCCC1. The largest absolute Gasteiger partial charge is 0.459 e. The fourth-order valence-electron chi connectivity index (χ4n) is 2.94. The van der Waals surface area contributed by atoms with Crippen LogP contribution in [0, 0.1) is 0 Å². The smallest absolute Gasteiger partial charge is 0.328 e. The molecule has 0 saturated carbocycles. The molecule has 3 rings (SSSR count). The molecule has 1 fully saturated rings. The summed E-state index contributed by atoms with van der Waals surface area (Å²) in [6, 6.07) is 19.5. The van der Waals surface area contributed by atoms with Gasteiger partial charge in [0.1, 0.15) is 12.6 Å². The van der Waals surface area contributed by atoms with E-state index in [0.29, 0.717) is 6.61 Å². The summed E-state index contributed by atoms with van der Waals surface area (Å²) < 4.78 is 5.58. The van der Waals surface area contributed by atoms with Gasteiger partial charge in [0.25, 0.3) is 0 Å². The molecule has 2 aromatic rings. The highest BCUT2D eigenvalue weighted by molar-refractivity contribution is 5.77. The molecule has 1 atom stereocenters. The Bertz CT molecular complexity index is 591. The zero-order chi connectivity index (χ0) is 15.2. The predicted octanol–water partition coefficient (Wildman–Crippen LogP) is 3.57. The molecular weight excluding hydrogens is 274 g/mol. The first kappa shape index (κ1) is 14.8. The first-order chi connectivity index (χ1) is 10.8. The first-order valence-corrected chi connectivity index (χ1v) is 7.84. The molecule has 3 heteroatoms. The van der Waals surface area contributed by atoms with Crippen LogP contribution in [0.4, 0.5) is 0 Å². The third-order valence-corrected chi connectivity index (χ3v) is 4.07. The average molecular weight is 295 g/mol. The number of carbonyl (C=O) groups excluding carboxylic acids is 1. The van der Waals surface area contributed by atoms with Crippen LogP contribution in [0.1, 0.15) is 30.0 Å². The third kappa shape index (κ3) is 3.55. The van der Waals surface area contributed by atoms with Gasteiger partial charge in [0, 0.05) is 0 Å². The number of ether oxygens (including phenoxy) is 1. The van der Waals surface area contributed by atoms with E-state index in [1.165, 1.54) is 0 Å². The van der Waals surface area contributed by atoms with Crippen LogP contribution in [0.25, 0.3) is 0 Å². The van der Waals surface area contributed by atoms with Crippen molar-refractivity contribution in [3.05, 3.63) is 71.8 Å². The molecule has 0 radical (unpaired) electrons. The molecule has 1 aliphatic heterocycles. The highest BCUT2D eigenvalue weighted by Crippen LogP contribution is 2.26. The van der Waals surface area contributed by atoms with E-state index in [0.717, 1.165) is 37.1 Å². The maximum absolute atomic E-state index is 12.6. The Kier molecular flexibility index (Phi) is 4.86. The molecule has 0 N–H and O–H groups in total. The number of hydrogen-bond donors (Lipinski definition) is 0. The zero-order valence-electron chi connectivity index (χ0n) is 12.7. The second-order valence-corrected chi connectivity index (χ2v) is 5.65. The molecule has 114 valence electrons. The van der Waals surface area contributed by atoms with Gasteiger partial charge in [0.2, 0.25) is 0 Å². The Morgan fingerprint density at radius 1 is 0.955 bits per heavy atom. The minimum atomic E-state index is -0.285. The fourth-order valence-corrected chi connectivity index (χ4v) is 2.94. The molecule has 3 nitrogen and oxygen atoms in total. The van der Waals surface area contributed by atoms with Gasteiger partial charge in [0.15, 0.2) is 0 Å². The second kappa shape index (κ2) is 7.23. The summed E-state index contributed by atoms with van der Waals surface area (Å²) in [5.74, 6) is -0.156. The van der Waals surface area contributed by atoms with E-state index >= 15 is 0 Å². The van der Waals surface area contributed by atoms with E-state index in [4.69, 9.17) is 4.74 Å². The van der Waals surface area contributed by atoms with Crippen molar-refractivity contribution in [2.75, 3.05) is 13.1 Å². The summed E-state index contributed by atoms with van der Waals surface area (Å²) in [4.78, 5) is 14.9. The molecular formula is C19H21NO2. The van der Waals surface area contributed by atoms with Crippen LogP contribution in [-0.4, -0.2) is 24.0 Å². The summed E-state index contributed by atoms with van der Waals surface area (Å²) in [7, 11) is 0. The molecule has 0 spiro atoms. The van der Waals surface area contributed by atoms with E-state index < -0.39 is 0 Å². The Labute approximate surface area is 131 Å². The van der Waals surface area contributed by atoms with Gasteiger partial charge in [-0.1, -0.05) is 60.7 Å². The lowest BCUT2D eigenvalue weighted by Crippen LogP contribution is -2.33. The van der Waals surface area contributed by atoms with E-state index in [-0.39, 0.29) is 12.0 Å². The molecule has 1 aliphatic rings. The molecule has 0 aliphatic carbocycles. The molecule has 1 heterocycles. The second-order valence-electron chi connectivity index (χ2n) is 5.65. The van der Waals surface area contributed by atoms with Crippen LogP contribution >= 0.6 is 0 Å². The van der Waals surface area contributed by atoms with Crippen LogP contribution in [0.15, 0.2) is 60.7 Å². The monoisotopic (exact) mass is 295 g/mol. The lowest BCUT2D eigenvalue weighted by molar-refractivity contribution is -0.151. The van der Waals surface area contributed by atoms with Gasteiger partial charge in [-0.3, -0.25) is 4.90 Å². The number of carbonyl (C=O) groups is 1. The molecule has 2 aromatic carbocycles. The molecule has 22 heavy (non-hydrogen) atoms. The fraction of sp³-hybridized carbons (Fsp3) is 0.316. The number of hydrogen-bond acceptors (Lipinski definition) is 3. The number of nitrogens with zero attached hydrogens (tertiary/aromatic N) is 1. The van der Waals surface area contributed by atoms with Crippen molar-refractivity contribution in [2.45, 2.75) is 25.5 Å². The molecule has 0 amide bonds. The van der Waals surface area contributed by atoms with E-state index in [2.05, 4.69) is 4.90 Å². The molecule has 0 bridgehead atoms. The van der Waals surface area contributed by atoms with E-state index in [1.54, 1.807) is 0 Å². The van der Waals surface area contributed by atoms with Crippen molar-refractivity contribution in [2.24, 2.45) is 0 Å².